The second-order valence-corrected chi connectivity index (χ2v) is 7.92. The Balaban J connectivity index is 1.92. The number of rotatable bonds is 11. The van der Waals surface area contributed by atoms with Crippen LogP contribution < -0.4 is 20.7 Å². The van der Waals surface area contributed by atoms with Crippen LogP contribution >= 0.6 is 0 Å². The van der Waals surface area contributed by atoms with Crippen molar-refractivity contribution in [2.24, 2.45) is 10.8 Å². The van der Waals surface area contributed by atoms with E-state index in [1.807, 2.05) is 31.2 Å². The number of aliphatic imine (C=N–C) groups is 1. The van der Waals surface area contributed by atoms with E-state index in [0.717, 1.165) is 44.1 Å². The summed E-state index contributed by atoms with van der Waals surface area (Å²) in [4.78, 5) is 7.15. The molecule has 0 radical (unpaired) electrons. The first kappa shape index (κ1) is 26.0. The molecule has 0 unspecified atom stereocenters. The molecule has 3 rings (SSSR count). The van der Waals surface area contributed by atoms with Crippen molar-refractivity contribution >= 4 is 11.5 Å². The van der Waals surface area contributed by atoms with E-state index in [1.54, 1.807) is 12.2 Å². The molecule has 0 saturated carbocycles. The molecule has 184 valence electrons. The fraction of sp³-hybridized carbons (Fsp3) is 0.321. The minimum Gasteiger partial charge on any atom is -0.489 e. The summed E-state index contributed by atoms with van der Waals surface area (Å²) in [6.45, 7) is 14.4. The quantitative estimate of drug-likeness (QED) is 0.129. The zero-order valence-corrected chi connectivity index (χ0v) is 20.4. The topological polar surface area (TPSA) is 81.3 Å². The normalized spacial score (nSPS) is 13.9. The van der Waals surface area contributed by atoms with Crippen LogP contribution in [0.2, 0.25) is 0 Å². The van der Waals surface area contributed by atoms with Gasteiger partial charge in [-0.25, -0.2) is 10.8 Å². The summed E-state index contributed by atoms with van der Waals surface area (Å²) in [6, 6.07) is 11.9. The van der Waals surface area contributed by atoms with Gasteiger partial charge in [0.25, 0.3) is 0 Å². The second kappa shape index (κ2) is 14.0. The van der Waals surface area contributed by atoms with Crippen molar-refractivity contribution < 1.29 is 14.2 Å². The fourth-order valence-electron chi connectivity index (χ4n) is 3.66. The van der Waals surface area contributed by atoms with Crippen molar-refractivity contribution in [2.45, 2.75) is 19.9 Å². The summed E-state index contributed by atoms with van der Waals surface area (Å²) in [6.07, 6.45) is 3.90. The SMILES string of the molecule is C=CCOc1cc(OCC=C)c(C(=Nc2ccc(CN3CCOCC3)cc2)NN)cc1CC#CC. The average Bonchev–Trinajstić information content (AvgIpc) is 2.90. The lowest BCUT2D eigenvalue weighted by Gasteiger charge is -2.26. The van der Waals surface area contributed by atoms with Gasteiger partial charge in [0, 0.05) is 37.7 Å². The Morgan fingerprint density at radius 3 is 2.43 bits per heavy atom. The monoisotopic (exact) mass is 474 g/mol. The summed E-state index contributed by atoms with van der Waals surface area (Å²) >= 11 is 0. The maximum atomic E-state index is 5.94. The molecule has 1 fully saturated rings. The van der Waals surface area contributed by atoms with Crippen LogP contribution in [0.25, 0.3) is 0 Å². The number of ether oxygens (including phenoxy) is 3. The summed E-state index contributed by atoms with van der Waals surface area (Å²) in [5.74, 6) is 13.7. The number of morpholine rings is 1. The van der Waals surface area contributed by atoms with Crippen LogP contribution in [0.5, 0.6) is 11.5 Å². The zero-order chi connectivity index (χ0) is 24.9. The van der Waals surface area contributed by atoms with Crippen LogP contribution in [-0.2, 0) is 17.7 Å². The molecule has 1 aliphatic rings. The zero-order valence-electron chi connectivity index (χ0n) is 20.4. The fourth-order valence-corrected chi connectivity index (χ4v) is 3.66. The molecule has 0 atom stereocenters. The Morgan fingerprint density at radius 1 is 1.11 bits per heavy atom. The molecule has 1 heterocycles. The molecular weight excluding hydrogens is 440 g/mol. The number of benzene rings is 2. The van der Waals surface area contributed by atoms with Crippen LogP contribution in [-0.4, -0.2) is 50.3 Å². The van der Waals surface area contributed by atoms with Gasteiger partial charge in [-0.15, -0.1) is 5.92 Å². The maximum absolute atomic E-state index is 5.94. The minimum atomic E-state index is 0.329. The Bertz CT molecular complexity index is 1080. The largest absolute Gasteiger partial charge is 0.489 e. The molecule has 2 aromatic carbocycles. The van der Waals surface area contributed by atoms with Gasteiger partial charge in [0.05, 0.1) is 24.5 Å². The smallest absolute Gasteiger partial charge is 0.151 e. The van der Waals surface area contributed by atoms with Crippen molar-refractivity contribution in [1.82, 2.24) is 10.3 Å². The molecule has 1 aliphatic heterocycles. The Hall–Kier alpha value is -3.57. The van der Waals surface area contributed by atoms with Gasteiger partial charge < -0.3 is 19.6 Å². The van der Waals surface area contributed by atoms with Gasteiger partial charge in [-0.2, -0.15) is 0 Å². The number of nitrogens with one attached hydrogen (secondary N) is 1. The summed E-state index contributed by atoms with van der Waals surface area (Å²) < 4.78 is 17.2. The van der Waals surface area contributed by atoms with Gasteiger partial charge >= 0.3 is 0 Å². The van der Waals surface area contributed by atoms with E-state index in [2.05, 4.69) is 47.5 Å². The van der Waals surface area contributed by atoms with Crippen molar-refractivity contribution in [3.63, 3.8) is 0 Å². The standard InChI is InChI=1S/C28H34N4O3/c1-4-7-8-23-19-25(27(35-16-6-3)20-26(23)34-15-5-2)28(31-29)30-24-11-9-22(10-12-24)21-32-13-17-33-18-14-32/h5-6,9-12,19-20H,2-3,8,13-18,21,29H2,1H3,(H,30,31). The molecule has 35 heavy (non-hydrogen) atoms. The molecule has 0 aliphatic carbocycles. The van der Waals surface area contributed by atoms with Gasteiger partial charge in [-0.3, -0.25) is 4.90 Å². The number of hydrogen-bond donors (Lipinski definition) is 2. The Morgan fingerprint density at radius 2 is 1.80 bits per heavy atom. The number of hydrogen-bond acceptors (Lipinski definition) is 6. The molecule has 7 heteroatoms. The highest BCUT2D eigenvalue weighted by Crippen LogP contribution is 2.31. The first-order chi connectivity index (χ1) is 17.2. The second-order valence-electron chi connectivity index (χ2n) is 7.92. The molecule has 7 nitrogen and oxygen atoms in total. The number of amidine groups is 1. The molecule has 0 aromatic heterocycles. The molecule has 0 bridgehead atoms. The van der Waals surface area contributed by atoms with E-state index >= 15 is 0 Å². The minimum absolute atomic E-state index is 0.329. The van der Waals surface area contributed by atoms with E-state index in [9.17, 15) is 0 Å². The van der Waals surface area contributed by atoms with Crippen molar-refractivity contribution in [2.75, 3.05) is 39.5 Å². The molecule has 0 spiro atoms. The first-order valence-electron chi connectivity index (χ1n) is 11.7. The lowest BCUT2D eigenvalue weighted by Crippen LogP contribution is -2.35. The van der Waals surface area contributed by atoms with Crippen molar-refractivity contribution in [3.8, 4) is 23.3 Å². The predicted molar refractivity (Wildman–Crippen MR) is 141 cm³/mol. The third-order valence-electron chi connectivity index (χ3n) is 5.41. The highest BCUT2D eigenvalue weighted by Gasteiger charge is 2.17. The van der Waals surface area contributed by atoms with E-state index in [0.29, 0.717) is 42.5 Å². The van der Waals surface area contributed by atoms with Crippen molar-refractivity contribution in [3.05, 3.63) is 78.4 Å². The van der Waals surface area contributed by atoms with Crippen LogP contribution in [0.3, 0.4) is 0 Å². The lowest BCUT2D eigenvalue weighted by atomic mass is 10.0. The average molecular weight is 475 g/mol. The van der Waals surface area contributed by atoms with Crippen LogP contribution in [0.4, 0.5) is 5.69 Å². The number of nitrogens with zero attached hydrogens (tertiary/aromatic N) is 2. The third kappa shape index (κ3) is 7.72. The first-order valence-corrected chi connectivity index (χ1v) is 11.7. The van der Waals surface area contributed by atoms with Gasteiger partial charge in [-0.05, 0) is 30.7 Å². The lowest BCUT2D eigenvalue weighted by molar-refractivity contribution is 0.0342. The van der Waals surface area contributed by atoms with Crippen LogP contribution in [0.15, 0.2) is 66.7 Å². The molecule has 0 amide bonds. The molecule has 2 aromatic rings. The Labute approximate surface area is 208 Å². The van der Waals surface area contributed by atoms with Crippen LogP contribution in [0.1, 0.15) is 23.6 Å². The maximum Gasteiger partial charge on any atom is 0.151 e. The van der Waals surface area contributed by atoms with Gasteiger partial charge in [0.2, 0.25) is 0 Å². The molecular formula is C28H34N4O3. The number of hydrazine groups is 1. The van der Waals surface area contributed by atoms with Crippen LogP contribution in [0, 0.1) is 11.8 Å². The van der Waals surface area contributed by atoms with Crippen molar-refractivity contribution in [1.29, 1.82) is 0 Å². The van der Waals surface area contributed by atoms with E-state index in [4.69, 9.17) is 25.0 Å². The van der Waals surface area contributed by atoms with E-state index in [-0.39, 0.29) is 0 Å². The highest BCUT2D eigenvalue weighted by molar-refractivity contribution is 6.02. The molecule has 1 saturated heterocycles. The highest BCUT2D eigenvalue weighted by atomic mass is 16.5. The summed E-state index contributed by atoms with van der Waals surface area (Å²) in [5, 5.41) is 0. The van der Waals surface area contributed by atoms with E-state index in [1.165, 1.54) is 5.56 Å². The summed E-state index contributed by atoms with van der Waals surface area (Å²) in [7, 11) is 0. The Kier molecular flexibility index (Phi) is 10.4. The molecule has 3 N–H and O–H groups in total. The van der Waals surface area contributed by atoms with E-state index < -0.39 is 0 Å². The van der Waals surface area contributed by atoms with Gasteiger partial charge in [0.15, 0.2) is 5.84 Å². The summed E-state index contributed by atoms with van der Waals surface area (Å²) in [5.41, 5.74) is 6.37. The third-order valence-corrected chi connectivity index (χ3v) is 5.41. The number of nitrogens with two attached hydrogens (primary N) is 1. The predicted octanol–water partition coefficient (Wildman–Crippen LogP) is 3.76. The van der Waals surface area contributed by atoms with Gasteiger partial charge in [0.1, 0.15) is 24.7 Å². The van der Waals surface area contributed by atoms with Gasteiger partial charge in [-0.1, -0.05) is 43.4 Å².